The highest BCUT2D eigenvalue weighted by molar-refractivity contribution is 6.01. The van der Waals surface area contributed by atoms with Gasteiger partial charge in [0, 0.05) is 18.3 Å². The van der Waals surface area contributed by atoms with E-state index in [0.29, 0.717) is 24.6 Å². The first-order valence-electron chi connectivity index (χ1n) is 8.49. The second-order valence-electron chi connectivity index (χ2n) is 6.52. The number of nitrogens with one attached hydrogen (secondary N) is 2. The van der Waals surface area contributed by atoms with E-state index in [9.17, 15) is 22.8 Å². The number of alkyl halides is 3. The van der Waals surface area contributed by atoms with E-state index < -0.39 is 12.4 Å². The van der Waals surface area contributed by atoms with Gasteiger partial charge in [-0.25, -0.2) is 0 Å². The summed E-state index contributed by atoms with van der Waals surface area (Å²) in [5.41, 5.74) is 0.306. The summed E-state index contributed by atoms with van der Waals surface area (Å²) in [5, 5.41) is 5.72. The summed E-state index contributed by atoms with van der Waals surface area (Å²) < 4.78 is 40.9. The fourth-order valence-corrected chi connectivity index (χ4v) is 2.88. The lowest BCUT2D eigenvalue weighted by molar-refractivity contribution is -0.274. The zero-order valence-electron chi connectivity index (χ0n) is 14.0. The number of hydrogen-bond donors (Lipinski definition) is 2. The molecular weight excluding hydrogens is 351 g/mol. The standard InChI is InChI=1S/C17H20F3N3O3/c18-17(19,20)26-13-3-1-2-12(8-13)23-7-6-14(16(23)25)22-15(24)10-21-9-11-4-5-11/h1-3,8,11,14,21H,4-7,9-10H2,(H,22,24). The predicted molar refractivity (Wildman–Crippen MR) is 87.6 cm³/mol. The van der Waals surface area contributed by atoms with Crippen molar-refractivity contribution in [3.63, 3.8) is 0 Å². The molecule has 1 aliphatic heterocycles. The molecule has 26 heavy (non-hydrogen) atoms. The molecule has 0 spiro atoms. The Kier molecular flexibility index (Phi) is 5.36. The zero-order chi connectivity index (χ0) is 18.7. The summed E-state index contributed by atoms with van der Waals surface area (Å²) in [6.07, 6.45) is -2.03. The van der Waals surface area contributed by atoms with Gasteiger partial charge in [-0.3, -0.25) is 9.59 Å². The van der Waals surface area contributed by atoms with Gasteiger partial charge in [-0.2, -0.15) is 0 Å². The molecule has 1 atom stereocenters. The number of amides is 2. The summed E-state index contributed by atoms with van der Waals surface area (Å²) in [6, 6.07) is 4.58. The molecular formula is C17H20F3N3O3. The summed E-state index contributed by atoms with van der Waals surface area (Å²) >= 11 is 0. The average Bonchev–Trinajstić information content (AvgIpc) is 3.30. The van der Waals surface area contributed by atoms with Gasteiger partial charge in [-0.1, -0.05) is 6.07 Å². The fraction of sp³-hybridized carbons (Fsp3) is 0.529. The second kappa shape index (κ2) is 7.53. The molecule has 1 saturated carbocycles. The number of benzene rings is 1. The van der Waals surface area contributed by atoms with E-state index in [1.807, 2.05) is 0 Å². The van der Waals surface area contributed by atoms with E-state index >= 15 is 0 Å². The minimum absolute atomic E-state index is 0.148. The highest BCUT2D eigenvalue weighted by Gasteiger charge is 2.35. The van der Waals surface area contributed by atoms with Crippen molar-refractivity contribution >= 4 is 17.5 Å². The minimum Gasteiger partial charge on any atom is -0.406 e. The van der Waals surface area contributed by atoms with Crippen molar-refractivity contribution < 1.29 is 27.5 Å². The van der Waals surface area contributed by atoms with Crippen molar-refractivity contribution in [2.75, 3.05) is 24.5 Å². The zero-order valence-corrected chi connectivity index (χ0v) is 14.0. The number of rotatable bonds is 7. The van der Waals surface area contributed by atoms with E-state index in [1.54, 1.807) is 0 Å². The molecule has 2 aliphatic rings. The highest BCUT2D eigenvalue weighted by Crippen LogP contribution is 2.29. The Morgan fingerprint density at radius 3 is 2.73 bits per heavy atom. The van der Waals surface area contributed by atoms with Crippen LogP contribution in [0.3, 0.4) is 0 Å². The minimum atomic E-state index is -4.79. The molecule has 2 N–H and O–H groups in total. The molecule has 6 nitrogen and oxygen atoms in total. The molecule has 0 aromatic heterocycles. The topological polar surface area (TPSA) is 70.7 Å². The van der Waals surface area contributed by atoms with E-state index in [-0.39, 0.29) is 24.1 Å². The van der Waals surface area contributed by atoms with Crippen LogP contribution in [-0.4, -0.2) is 43.9 Å². The molecule has 1 unspecified atom stereocenters. The van der Waals surface area contributed by atoms with Crippen molar-refractivity contribution in [1.29, 1.82) is 0 Å². The largest absolute Gasteiger partial charge is 0.573 e. The van der Waals surface area contributed by atoms with Crippen LogP contribution >= 0.6 is 0 Å². The lowest BCUT2D eigenvalue weighted by atomic mass is 10.2. The Morgan fingerprint density at radius 2 is 2.04 bits per heavy atom. The van der Waals surface area contributed by atoms with Crippen LogP contribution in [0.15, 0.2) is 24.3 Å². The molecule has 1 saturated heterocycles. The van der Waals surface area contributed by atoms with E-state index in [2.05, 4.69) is 15.4 Å². The summed E-state index contributed by atoms with van der Waals surface area (Å²) in [7, 11) is 0. The Balaban J connectivity index is 1.54. The number of halogens is 3. The van der Waals surface area contributed by atoms with Crippen LogP contribution in [0, 0.1) is 5.92 Å². The lowest BCUT2D eigenvalue weighted by Gasteiger charge is -2.18. The maximum absolute atomic E-state index is 12.5. The number of carbonyl (C=O) groups is 2. The monoisotopic (exact) mass is 371 g/mol. The Bertz CT molecular complexity index is 677. The predicted octanol–water partition coefficient (Wildman–Crippen LogP) is 1.81. The number of ether oxygens (including phenoxy) is 1. The van der Waals surface area contributed by atoms with Crippen molar-refractivity contribution in [3.8, 4) is 5.75 Å². The van der Waals surface area contributed by atoms with Crippen LogP contribution in [0.1, 0.15) is 19.3 Å². The van der Waals surface area contributed by atoms with E-state index in [0.717, 1.165) is 12.6 Å². The third-order valence-corrected chi connectivity index (χ3v) is 4.32. The number of nitrogens with zero attached hydrogens (tertiary/aromatic N) is 1. The molecule has 1 aliphatic carbocycles. The molecule has 1 aromatic rings. The first-order chi connectivity index (χ1) is 12.3. The van der Waals surface area contributed by atoms with E-state index in [1.165, 1.54) is 35.9 Å². The Morgan fingerprint density at radius 1 is 1.27 bits per heavy atom. The van der Waals surface area contributed by atoms with Gasteiger partial charge in [0.05, 0.1) is 6.54 Å². The third kappa shape index (κ3) is 5.10. The normalized spacial score (nSPS) is 20.3. The van der Waals surface area contributed by atoms with Gasteiger partial charge in [-0.05, 0) is 43.9 Å². The SMILES string of the molecule is O=C(CNCC1CC1)NC1CCN(c2cccc(OC(F)(F)F)c2)C1=O. The molecule has 0 bridgehead atoms. The Hall–Kier alpha value is -2.29. The Labute approximate surface area is 148 Å². The fourth-order valence-electron chi connectivity index (χ4n) is 2.88. The van der Waals surface area contributed by atoms with Crippen LogP contribution < -0.4 is 20.3 Å². The molecule has 2 fully saturated rings. The summed E-state index contributed by atoms with van der Waals surface area (Å²) in [5.74, 6) is -0.345. The van der Waals surface area contributed by atoms with Gasteiger partial charge in [0.2, 0.25) is 11.8 Å². The van der Waals surface area contributed by atoms with Crippen LogP contribution in [0.5, 0.6) is 5.75 Å². The van der Waals surface area contributed by atoms with Crippen molar-refractivity contribution in [1.82, 2.24) is 10.6 Å². The second-order valence-corrected chi connectivity index (χ2v) is 6.52. The van der Waals surface area contributed by atoms with Crippen molar-refractivity contribution in [2.24, 2.45) is 5.92 Å². The van der Waals surface area contributed by atoms with Gasteiger partial charge < -0.3 is 20.3 Å². The highest BCUT2D eigenvalue weighted by atomic mass is 19.4. The quantitative estimate of drug-likeness (QED) is 0.767. The van der Waals surface area contributed by atoms with Crippen molar-refractivity contribution in [3.05, 3.63) is 24.3 Å². The summed E-state index contributed by atoms with van der Waals surface area (Å²) in [4.78, 5) is 25.7. The molecule has 1 heterocycles. The maximum Gasteiger partial charge on any atom is 0.573 e. The lowest BCUT2D eigenvalue weighted by Crippen LogP contribution is -2.45. The van der Waals surface area contributed by atoms with Crippen LogP contribution in [0.2, 0.25) is 0 Å². The molecule has 142 valence electrons. The number of anilines is 1. The first-order valence-corrected chi connectivity index (χ1v) is 8.49. The van der Waals surface area contributed by atoms with Gasteiger partial charge in [0.1, 0.15) is 11.8 Å². The third-order valence-electron chi connectivity index (χ3n) is 4.32. The molecule has 3 rings (SSSR count). The van der Waals surface area contributed by atoms with Gasteiger partial charge in [-0.15, -0.1) is 13.2 Å². The van der Waals surface area contributed by atoms with Crippen LogP contribution in [-0.2, 0) is 9.59 Å². The number of carbonyl (C=O) groups excluding carboxylic acids is 2. The smallest absolute Gasteiger partial charge is 0.406 e. The van der Waals surface area contributed by atoms with Crippen LogP contribution in [0.4, 0.5) is 18.9 Å². The molecule has 2 amide bonds. The average molecular weight is 371 g/mol. The van der Waals surface area contributed by atoms with Crippen molar-refractivity contribution in [2.45, 2.75) is 31.7 Å². The maximum atomic E-state index is 12.5. The summed E-state index contributed by atoms with van der Waals surface area (Å²) in [6.45, 7) is 1.26. The van der Waals surface area contributed by atoms with Gasteiger partial charge >= 0.3 is 6.36 Å². The molecule has 0 radical (unpaired) electrons. The van der Waals surface area contributed by atoms with Gasteiger partial charge in [0.15, 0.2) is 0 Å². The van der Waals surface area contributed by atoms with E-state index in [4.69, 9.17) is 0 Å². The van der Waals surface area contributed by atoms with Crippen LogP contribution in [0.25, 0.3) is 0 Å². The molecule has 9 heteroatoms. The first kappa shape index (κ1) is 18.5. The molecule has 1 aromatic carbocycles. The number of hydrogen-bond acceptors (Lipinski definition) is 4. The van der Waals surface area contributed by atoms with Gasteiger partial charge in [0.25, 0.3) is 0 Å².